The van der Waals surface area contributed by atoms with E-state index in [9.17, 15) is 0 Å². The van der Waals surface area contributed by atoms with Gasteiger partial charge in [0.15, 0.2) is 0 Å². The summed E-state index contributed by atoms with van der Waals surface area (Å²) < 4.78 is 3.68. The summed E-state index contributed by atoms with van der Waals surface area (Å²) in [5, 5.41) is 11.2. The second-order valence-electron chi connectivity index (χ2n) is 3.19. The Hall–Kier alpha value is -1.49. The van der Waals surface area contributed by atoms with E-state index in [1.807, 2.05) is 0 Å². The molecule has 0 aliphatic heterocycles. The van der Waals surface area contributed by atoms with Crippen LogP contribution in [0.3, 0.4) is 0 Å². The summed E-state index contributed by atoms with van der Waals surface area (Å²) in [6, 6.07) is 8.55. The third kappa shape index (κ3) is 2.73. The van der Waals surface area contributed by atoms with Crippen LogP contribution in [0.15, 0.2) is 24.3 Å². The Morgan fingerprint density at radius 3 is 2.53 bits per heavy atom. The first-order chi connectivity index (χ1) is 7.38. The summed E-state index contributed by atoms with van der Waals surface area (Å²) in [5.74, 6) is 0. The smallest absolute Gasteiger partial charge is 0.225 e. The van der Waals surface area contributed by atoms with Crippen molar-refractivity contribution in [3.05, 3.63) is 35.4 Å². The Morgan fingerprint density at radius 2 is 1.93 bits per heavy atom. The molecular weight excluding hydrogens is 208 g/mol. The van der Waals surface area contributed by atoms with Crippen LogP contribution < -0.4 is 5.32 Å². The molecule has 1 aromatic heterocycles. The molecule has 0 unspecified atom stereocenters. The van der Waals surface area contributed by atoms with E-state index in [0.29, 0.717) is 0 Å². The number of hydrogen-bond donors (Lipinski definition) is 1. The molecule has 0 bridgehead atoms. The maximum Gasteiger partial charge on any atom is 0.225 e. The van der Waals surface area contributed by atoms with Crippen molar-refractivity contribution in [2.45, 2.75) is 19.9 Å². The summed E-state index contributed by atoms with van der Waals surface area (Å²) in [5.41, 5.74) is 2.60. The third-order valence-electron chi connectivity index (χ3n) is 2.17. The first kappa shape index (κ1) is 10.0. The molecule has 1 N–H and O–H groups in total. The van der Waals surface area contributed by atoms with Crippen molar-refractivity contribution in [1.82, 2.24) is 14.8 Å². The standard InChI is InChI=1S/C10H12N4S/c1-2-8-3-5-9(6-4-8)7-11-10-12-13-14-15-10/h3-6H,2,7H2,1H3,(H,11,12,14). The second kappa shape index (κ2) is 4.84. The topological polar surface area (TPSA) is 50.7 Å². The Balaban J connectivity index is 1.93. The lowest BCUT2D eigenvalue weighted by Crippen LogP contribution is -1.98. The van der Waals surface area contributed by atoms with Crippen LogP contribution >= 0.6 is 11.5 Å². The molecule has 15 heavy (non-hydrogen) atoms. The van der Waals surface area contributed by atoms with E-state index in [4.69, 9.17) is 0 Å². The van der Waals surface area contributed by atoms with Crippen molar-refractivity contribution in [2.24, 2.45) is 0 Å². The lowest BCUT2D eigenvalue weighted by atomic mass is 10.1. The molecule has 1 aromatic carbocycles. The van der Waals surface area contributed by atoms with Crippen molar-refractivity contribution in [3.8, 4) is 0 Å². The van der Waals surface area contributed by atoms with Crippen LogP contribution in [-0.2, 0) is 13.0 Å². The van der Waals surface area contributed by atoms with Crippen LogP contribution in [0, 0.1) is 0 Å². The Labute approximate surface area is 92.5 Å². The normalized spacial score (nSPS) is 10.2. The first-order valence-corrected chi connectivity index (χ1v) is 5.62. The highest BCUT2D eigenvalue weighted by Crippen LogP contribution is 2.09. The lowest BCUT2D eigenvalue weighted by molar-refractivity contribution is 0.950. The van der Waals surface area contributed by atoms with Gasteiger partial charge in [-0.25, -0.2) is 0 Å². The van der Waals surface area contributed by atoms with E-state index in [-0.39, 0.29) is 0 Å². The first-order valence-electron chi connectivity index (χ1n) is 4.85. The summed E-state index contributed by atoms with van der Waals surface area (Å²) in [4.78, 5) is 0. The van der Waals surface area contributed by atoms with Crippen LogP contribution in [0.2, 0.25) is 0 Å². The van der Waals surface area contributed by atoms with Gasteiger partial charge in [0, 0.05) is 18.1 Å². The summed E-state index contributed by atoms with van der Waals surface area (Å²) in [6.07, 6.45) is 1.08. The number of anilines is 1. The van der Waals surface area contributed by atoms with Gasteiger partial charge in [0.25, 0.3) is 0 Å². The molecule has 4 nitrogen and oxygen atoms in total. The molecule has 0 aliphatic rings. The maximum atomic E-state index is 3.81. The van der Waals surface area contributed by atoms with Gasteiger partial charge in [-0.2, -0.15) is 0 Å². The number of aromatic nitrogens is 3. The molecule has 0 spiro atoms. The monoisotopic (exact) mass is 220 g/mol. The average molecular weight is 220 g/mol. The van der Waals surface area contributed by atoms with Crippen LogP contribution in [0.5, 0.6) is 0 Å². The molecule has 0 fully saturated rings. The minimum atomic E-state index is 0.759. The van der Waals surface area contributed by atoms with Crippen molar-refractivity contribution >= 4 is 16.7 Å². The van der Waals surface area contributed by atoms with E-state index in [0.717, 1.165) is 18.1 Å². The maximum absolute atomic E-state index is 3.81. The SMILES string of the molecule is CCc1ccc(CNc2nnns2)cc1. The molecule has 0 aliphatic carbocycles. The van der Waals surface area contributed by atoms with Crippen molar-refractivity contribution in [2.75, 3.05) is 5.32 Å². The van der Waals surface area contributed by atoms with E-state index >= 15 is 0 Å². The molecule has 78 valence electrons. The molecular formula is C10H12N4S. The number of hydrogen-bond acceptors (Lipinski definition) is 5. The fourth-order valence-corrected chi connectivity index (χ4v) is 1.63. The quantitative estimate of drug-likeness (QED) is 0.857. The molecule has 2 aromatic rings. The minimum absolute atomic E-state index is 0.759. The highest BCUT2D eigenvalue weighted by Gasteiger charge is 1.97. The van der Waals surface area contributed by atoms with Crippen molar-refractivity contribution in [3.63, 3.8) is 0 Å². The van der Waals surface area contributed by atoms with Gasteiger partial charge in [0.2, 0.25) is 5.13 Å². The highest BCUT2D eigenvalue weighted by molar-refractivity contribution is 7.09. The number of aryl methyl sites for hydroxylation is 1. The van der Waals surface area contributed by atoms with E-state index < -0.39 is 0 Å². The van der Waals surface area contributed by atoms with Crippen LogP contribution in [0.25, 0.3) is 0 Å². The molecule has 0 saturated carbocycles. The Morgan fingerprint density at radius 1 is 1.20 bits per heavy atom. The van der Waals surface area contributed by atoms with Crippen LogP contribution in [0.4, 0.5) is 5.13 Å². The van der Waals surface area contributed by atoms with Gasteiger partial charge in [-0.3, -0.25) is 0 Å². The number of nitrogens with zero attached hydrogens (tertiary/aromatic N) is 3. The van der Waals surface area contributed by atoms with E-state index in [1.54, 1.807) is 0 Å². The van der Waals surface area contributed by atoms with Crippen molar-refractivity contribution in [1.29, 1.82) is 0 Å². The molecule has 2 rings (SSSR count). The number of nitrogens with one attached hydrogen (secondary N) is 1. The van der Waals surface area contributed by atoms with Gasteiger partial charge in [-0.1, -0.05) is 40.8 Å². The zero-order chi connectivity index (χ0) is 10.5. The predicted molar refractivity (Wildman–Crippen MR) is 60.9 cm³/mol. The zero-order valence-corrected chi connectivity index (χ0v) is 9.29. The molecule has 0 atom stereocenters. The fraction of sp³-hybridized carbons (Fsp3) is 0.300. The largest absolute Gasteiger partial charge is 0.355 e. The van der Waals surface area contributed by atoms with E-state index in [2.05, 4.69) is 51.3 Å². The Bertz CT molecular complexity index is 396. The molecule has 0 radical (unpaired) electrons. The fourth-order valence-electron chi connectivity index (χ4n) is 1.27. The second-order valence-corrected chi connectivity index (χ2v) is 3.92. The molecule has 0 saturated heterocycles. The molecule has 1 heterocycles. The van der Waals surface area contributed by atoms with Gasteiger partial charge in [-0.15, -0.1) is 0 Å². The molecule has 5 heteroatoms. The van der Waals surface area contributed by atoms with Gasteiger partial charge < -0.3 is 5.32 Å². The lowest BCUT2D eigenvalue weighted by Gasteiger charge is -2.02. The highest BCUT2D eigenvalue weighted by atomic mass is 32.1. The van der Waals surface area contributed by atoms with Gasteiger partial charge in [0.05, 0.1) is 0 Å². The third-order valence-corrected chi connectivity index (χ3v) is 2.73. The zero-order valence-electron chi connectivity index (χ0n) is 8.47. The summed E-state index contributed by atoms with van der Waals surface area (Å²) >= 11 is 1.27. The predicted octanol–water partition coefficient (Wildman–Crippen LogP) is 2.11. The summed E-state index contributed by atoms with van der Waals surface area (Å²) in [6.45, 7) is 2.92. The van der Waals surface area contributed by atoms with Crippen LogP contribution in [-0.4, -0.2) is 14.8 Å². The van der Waals surface area contributed by atoms with Crippen molar-refractivity contribution < 1.29 is 0 Å². The number of benzene rings is 1. The Kier molecular flexibility index (Phi) is 3.24. The summed E-state index contributed by atoms with van der Waals surface area (Å²) in [7, 11) is 0. The van der Waals surface area contributed by atoms with Gasteiger partial charge in [-0.05, 0) is 22.8 Å². The minimum Gasteiger partial charge on any atom is -0.355 e. The molecule has 0 amide bonds. The van der Waals surface area contributed by atoms with Gasteiger partial charge >= 0.3 is 0 Å². The van der Waals surface area contributed by atoms with Crippen LogP contribution in [0.1, 0.15) is 18.1 Å². The average Bonchev–Trinajstić information content (AvgIpc) is 2.80. The van der Waals surface area contributed by atoms with Gasteiger partial charge in [0.1, 0.15) is 0 Å². The number of rotatable bonds is 4. The van der Waals surface area contributed by atoms with E-state index in [1.165, 1.54) is 22.7 Å².